The van der Waals surface area contributed by atoms with Crippen LogP contribution < -0.4 is 10.0 Å². The van der Waals surface area contributed by atoms with Crippen LogP contribution in [0.25, 0.3) is 0 Å². The van der Waals surface area contributed by atoms with Gasteiger partial charge >= 0.3 is 0 Å². The quantitative estimate of drug-likeness (QED) is 0.532. The molecule has 1 unspecified atom stereocenters. The van der Waals surface area contributed by atoms with Crippen LogP contribution in [0, 0.1) is 11.6 Å². The van der Waals surface area contributed by atoms with Crippen molar-refractivity contribution in [3.05, 3.63) is 66.0 Å². The number of benzene rings is 2. The Morgan fingerprint density at radius 2 is 1.96 bits per heavy atom. The fourth-order valence-electron chi connectivity index (χ4n) is 2.33. The molecule has 1 heterocycles. The van der Waals surface area contributed by atoms with Gasteiger partial charge in [0.15, 0.2) is 0 Å². The van der Waals surface area contributed by atoms with Gasteiger partial charge in [-0.2, -0.15) is 4.37 Å². The smallest absolute Gasteiger partial charge is 0.212 e. The van der Waals surface area contributed by atoms with Crippen LogP contribution in [0.3, 0.4) is 0 Å². The Kier molecular flexibility index (Phi) is 5.83. The largest absolute Gasteiger partial charge is 0.376 e. The van der Waals surface area contributed by atoms with Crippen molar-refractivity contribution in [3.63, 3.8) is 0 Å². The molecule has 25 heavy (non-hydrogen) atoms. The van der Waals surface area contributed by atoms with Gasteiger partial charge in [0, 0.05) is 17.6 Å². The number of nitrogens with one attached hydrogen (secondary N) is 2. The molecule has 0 radical (unpaired) electrons. The molecular weight excluding hydrogens is 362 g/mol. The summed E-state index contributed by atoms with van der Waals surface area (Å²) < 4.78 is 35.4. The van der Waals surface area contributed by atoms with E-state index in [0.29, 0.717) is 5.13 Å². The summed E-state index contributed by atoms with van der Waals surface area (Å²) in [5.41, 5.74) is 1.18. The molecule has 3 rings (SSSR count). The molecule has 0 bridgehead atoms. The molecule has 4 nitrogen and oxygen atoms in total. The first kappa shape index (κ1) is 17.6. The van der Waals surface area contributed by atoms with Crippen molar-refractivity contribution >= 4 is 34.3 Å². The molecule has 0 fully saturated rings. The zero-order chi connectivity index (χ0) is 17.6. The zero-order valence-corrected chi connectivity index (χ0v) is 15.0. The van der Waals surface area contributed by atoms with Gasteiger partial charge in [0.2, 0.25) is 5.13 Å². The van der Waals surface area contributed by atoms with E-state index in [4.69, 9.17) is 0 Å². The van der Waals surface area contributed by atoms with Gasteiger partial charge in [0.1, 0.15) is 18.0 Å². The Morgan fingerprint density at radius 1 is 1.16 bits per heavy atom. The van der Waals surface area contributed by atoms with Gasteiger partial charge in [-0.3, -0.25) is 0 Å². The lowest BCUT2D eigenvalue weighted by Crippen LogP contribution is -2.11. The highest BCUT2D eigenvalue weighted by Gasteiger charge is 2.15. The van der Waals surface area contributed by atoms with E-state index in [-0.39, 0.29) is 16.6 Å². The molecule has 0 aliphatic carbocycles. The van der Waals surface area contributed by atoms with Crippen LogP contribution in [0.2, 0.25) is 0 Å². The van der Waals surface area contributed by atoms with E-state index in [1.54, 1.807) is 0 Å². The molecule has 0 spiro atoms. The highest BCUT2D eigenvalue weighted by molar-refractivity contribution is 8.00. The molecule has 1 atom stereocenters. The van der Waals surface area contributed by atoms with Crippen molar-refractivity contribution in [2.75, 3.05) is 10.0 Å². The van der Waals surface area contributed by atoms with Gasteiger partial charge in [-0.05, 0) is 30.0 Å². The minimum atomic E-state index is -0.506. The van der Waals surface area contributed by atoms with E-state index in [9.17, 15) is 8.78 Å². The highest BCUT2D eigenvalue weighted by Crippen LogP contribution is 2.31. The Bertz CT molecular complexity index is 813. The topological polar surface area (TPSA) is 49.8 Å². The minimum Gasteiger partial charge on any atom is -0.376 e. The third-order valence-electron chi connectivity index (χ3n) is 3.57. The molecule has 3 aromatic rings. The van der Waals surface area contributed by atoms with Crippen LogP contribution in [0.5, 0.6) is 0 Å². The molecule has 0 saturated carbocycles. The van der Waals surface area contributed by atoms with E-state index in [0.717, 1.165) is 35.5 Å². The second-order valence-electron chi connectivity index (χ2n) is 5.23. The molecule has 0 saturated heterocycles. The van der Waals surface area contributed by atoms with Crippen molar-refractivity contribution in [3.8, 4) is 0 Å². The predicted molar refractivity (Wildman–Crippen MR) is 98.8 cm³/mol. The van der Waals surface area contributed by atoms with Crippen LogP contribution in [-0.2, 0) is 0 Å². The Hall–Kier alpha value is -2.19. The van der Waals surface area contributed by atoms with Crippen LogP contribution in [0.1, 0.15) is 24.9 Å². The van der Waals surface area contributed by atoms with Gasteiger partial charge < -0.3 is 10.0 Å². The Labute approximate surface area is 153 Å². The van der Waals surface area contributed by atoms with E-state index in [1.165, 1.54) is 18.5 Å². The van der Waals surface area contributed by atoms with Crippen molar-refractivity contribution < 1.29 is 8.78 Å². The maximum atomic E-state index is 14.4. The molecule has 2 N–H and O–H groups in total. The van der Waals surface area contributed by atoms with E-state index < -0.39 is 11.6 Å². The van der Waals surface area contributed by atoms with Crippen LogP contribution in [0.4, 0.5) is 19.6 Å². The van der Waals surface area contributed by atoms with Crippen molar-refractivity contribution in [2.45, 2.75) is 24.3 Å². The zero-order valence-electron chi connectivity index (χ0n) is 13.4. The standard InChI is InChI=1S/C17H16F2N4S2/c1-2-14(11-6-4-3-5-7-11)22-15-8-13(19)16(9-12(15)18)24-23-17-20-10-21-25-17/h3-10,14,22H,2H2,1H3,(H,20,21,23). The summed E-state index contributed by atoms with van der Waals surface area (Å²) in [5, 5.41) is 3.62. The second kappa shape index (κ2) is 8.26. The van der Waals surface area contributed by atoms with Crippen molar-refractivity contribution in [1.29, 1.82) is 0 Å². The summed E-state index contributed by atoms with van der Waals surface area (Å²) in [6.07, 6.45) is 2.15. The Morgan fingerprint density at radius 3 is 2.64 bits per heavy atom. The van der Waals surface area contributed by atoms with E-state index in [1.807, 2.05) is 37.3 Å². The first-order valence-electron chi connectivity index (χ1n) is 7.67. The van der Waals surface area contributed by atoms with Gasteiger partial charge in [0.05, 0.1) is 16.6 Å². The number of aromatic nitrogens is 2. The monoisotopic (exact) mass is 378 g/mol. The van der Waals surface area contributed by atoms with Gasteiger partial charge in [-0.1, -0.05) is 37.3 Å². The average molecular weight is 378 g/mol. The Balaban J connectivity index is 1.75. The SMILES string of the molecule is CCC(Nc1cc(F)c(SNc2ncns2)cc1F)c1ccccc1. The number of hydrogen-bond acceptors (Lipinski definition) is 6. The molecule has 1 aromatic heterocycles. The van der Waals surface area contributed by atoms with Crippen molar-refractivity contribution in [1.82, 2.24) is 9.36 Å². The number of halogens is 2. The second-order valence-corrected chi connectivity index (χ2v) is 6.86. The summed E-state index contributed by atoms with van der Waals surface area (Å²) in [4.78, 5) is 4.09. The summed E-state index contributed by atoms with van der Waals surface area (Å²) >= 11 is 2.11. The lowest BCUT2D eigenvalue weighted by Gasteiger charge is -2.19. The summed E-state index contributed by atoms with van der Waals surface area (Å²) in [7, 11) is 0. The van der Waals surface area contributed by atoms with Crippen LogP contribution >= 0.6 is 23.5 Å². The summed E-state index contributed by atoms with van der Waals surface area (Å²) in [6, 6.07) is 12.0. The average Bonchev–Trinajstić information content (AvgIpc) is 3.15. The highest BCUT2D eigenvalue weighted by atomic mass is 32.2. The normalized spacial score (nSPS) is 12.0. The third-order valence-corrected chi connectivity index (χ3v) is 5.11. The lowest BCUT2D eigenvalue weighted by atomic mass is 10.0. The van der Waals surface area contributed by atoms with Gasteiger partial charge in [0.25, 0.3) is 0 Å². The summed E-state index contributed by atoms with van der Waals surface area (Å²) in [5.74, 6) is -1.01. The maximum Gasteiger partial charge on any atom is 0.212 e. The predicted octanol–water partition coefficient (Wildman–Crippen LogP) is 5.50. The minimum absolute atomic E-state index is 0.0897. The first-order valence-corrected chi connectivity index (χ1v) is 9.26. The van der Waals surface area contributed by atoms with E-state index >= 15 is 0 Å². The van der Waals surface area contributed by atoms with E-state index in [2.05, 4.69) is 19.4 Å². The summed E-state index contributed by atoms with van der Waals surface area (Å²) in [6.45, 7) is 2.00. The number of nitrogens with zero attached hydrogens (tertiary/aromatic N) is 2. The molecule has 0 aliphatic rings. The lowest BCUT2D eigenvalue weighted by molar-refractivity contribution is 0.576. The molecule has 2 aromatic carbocycles. The molecule has 0 aliphatic heterocycles. The molecule has 8 heteroatoms. The van der Waals surface area contributed by atoms with Gasteiger partial charge in [-0.25, -0.2) is 13.8 Å². The number of hydrogen-bond donors (Lipinski definition) is 2. The number of anilines is 2. The van der Waals surface area contributed by atoms with Crippen molar-refractivity contribution in [2.24, 2.45) is 0 Å². The maximum absolute atomic E-state index is 14.4. The molecule has 0 amide bonds. The first-order chi connectivity index (χ1) is 12.2. The van der Waals surface area contributed by atoms with Crippen LogP contribution in [-0.4, -0.2) is 9.36 Å². The van der Waals surface area contributed by atoms with Gasteiger partial charge in [-0.15, -0.1) is 0 Å². The number of rotatable bonds is 7. The molecule has 130 valence electrons. The molecular formula is C17H16F2N4S2. The third kappa shape index (κ3) is 4.46. The van der Waals surface area contributed by atoms with Crippen LogP contribution in [0.15, 0.2) is 53.7 Å². The fraction of sp³-hybridized carbons (Fsp3) is 0.176. The fourth-order valence-corrected chi connectivity index (χ4v) is 3.46.